The standard InChI is InChI=1S/C30H44N4O3/c1-4-16-34(17-5-2)30(37)25-13-9-12-24(21-25)29(36)32-27(20-23-10-7-6-8-11-23)28(35)22-31-26-14-18-33(3)19-15-26/h6-13,21,26-28,31,35H,4-5,14-20,22H2,1-3H3,(H,32,36)/t27-,28+/m0/s1. The molecule has 37 heavy (non-hydrogen) atoms. The molecule has 1 aliphatic rings. The SMILES string of the molecule is CCCN(CCC)C(=O)c1cccc(C(=O)N[C@@H](Cc2ccccc2)[C@H](O)CNC2CCN(C)CC2)c1. The van der Waals surface area contributed by atoms with E-state index in [1.165, 1.54) is 0 Å². The van der Waals surface area contributed by atoms with Crippen molar-refractivity contribution in [2.75, 3.05) is 39.8 Å². The molecule has 3 N–H and O–H groups in total. The van der Waals surface area contributed by atoms with Gasteiger partial charge in [0.05, 0.1) is 12.1 Å². The van der Waals surface area contributed by atoms with Crippen LogP contribution in [0.4, 0.5) is 0 Å². The molecule has 7 nitrogen and oxygen atoms in total. The minimum atomic E-state index is -0.752. The monoisotopic (exact) mass is 508 g/mol. The lowest BCUT2D eigenvalue weighted by Crippen LogP contribution is -2.51. The van der Waals surface area contributed by atoms with Crippen molar-refractivity contribution in [1.82, 2.24) is 20.4 Å². The maximum atomic E-state index is 13.3. The Morgan fingerprint density at radius 2 is 1.65 bits per heavy atom. The van der Waals surface area contributed by atoms with Gasteiger partial charge in [-0.2, -0.15) is 0 Å². The Labute approximate surface area is 222 Å². The molecule has 0 saturated carbocycles. The van der Waals surface area contributed by atoms with Crippen LogP contribution in [-0.4, -0.2) is 84.7 Å². The maximum Gasteiger partial charge on any atom is 0.253 e. The van der Waals surface area contributed by atoms with Gasteiger partial charge in [-0.15, -0.1) is 0 Å². The molecule has 1 aliphatic heterocycles. The molecular weight excluding hydrogens is 464 g/mol. The fourth-order valence-corrected chi connectivity index (χ4v) is 4.88. The molecule has 2 aromatic carbocycles. The lowest BCUT2D eigenvalue weighted by atomic mass is 9.99. The van der Waals surface area contributed by atoms with Crippen LogP contribution in [0.3, 0.4) is 0 Å². The number of piperidine rings is 1. The largest absolute Gasteiger partial charge is 0.390 e. The summed E-state index contributed by atoms with van der Waals surface area (Å²) in [6.45, 7) is 7.99. The summed E-state index contributed by atoms with van der Waals surface area (Å²) >= 11 is 0. The molecule has 2 aromatic rings. The van der Waals surface area contributed by atoms with Crippen LogP contribution in [0.2, 0.25) is 0 Å². The first-order chi connectivity index (χ1) is 17.9. The van der Waals surface area contributed by atoms with Crippen LogP contribution >= 0.6 is 0 Å². The molecule has 0 aromatic heterocycles. The van der Waals surface area contributed by atoms with Gasteiger partial charge in [0.1, 0.15) is 0 Å². The Hall–Kier alpha value is -2.74. The number of aliphatic hydroxyl groups is 1. The molecule has 0 aliphatic carbocycles. The highest BCUT2D eigenvalue weighted by atomic mass is 16.3. The molecule has 202 valence electrons. The predicted octanol–water partition coefficient (Wildman–Crippen LogP) is 3.33. The number of amides is 2. The smallest absolute Gasteiger partial charge is 0.253 e. The summed E-state index contributed by atoms with van der Waals surface area (Å²) in [6.07, 6.45) is 3.63. The highest BCUT2D eigenvalue weighted by Crippen LogP contribution is 2.13. The van der Waals surface area contributed by atoms with Crippen LogP contribution in [0.25, 0.3) is 0 Å². The van der Waals surface area contributed by atoms with Crippen LogP contribution in [0.1, 0.15) is 65.8 Å². The zero-order valence-electron chi connectivity index (χ0n) is 22.7. The fourth-order valence-electron chi connectivity index (χ4n) is 4.88. The first kappa shape index (κ1) is 28.8. The summed E-state index contributed by atoms with van der Waals surface area (Å²) < 4.78 is 0. The number of hydrogen-bond acceptors (Lipinski definition) is 5. The summed E-state index contributed by atoms with van der Waals surface area (Å²) in [4.78, 5) is 30.5. The number of nitrogens with one attached hydrogen (secondary N) is 2. The summed E-state index contributed by atoms with van der Waals surface area (Å²) in [7, 11) is 2.13. The number of likely N-dealkylation sites (tertiary alicyclic amines) is 1. The van der Waals surface area contributed by atoms with E-state index in [9.17, 15) is 14.7 Å². The van der Waals surface area contributed by atoms with Crippen LogP contribution in [-0.2, 0) is 6.42 Å². The molecule has 0 radical (unpaired) electrons. The summed E-state index contributed by atoms with van der Waals surface area (Å²) in [6, 6.07) is 16.7. The van der Waals surface area contributed by atoms with Gasteiger partial charge in [-0.1, -0.05) is 50.2 Å². The van der Waals surface area contributed by atoms with Crippen LogP contribution in [0, 0.1) is 0 Å². The van der Waals surface area contributed by atoms with Gasteiger partial charge >= 0.3 is 0 Å². The molecule has 0 unspecified atom stereocenters. The molecule has 1 heterocycles. The number of aliphatic hydroxyl groups excluding tert-OH is 1. The lowest BCUT2D eigenvalue weighted by Gasteiger charge is -2.31. The number of carbonyl (C=O) groups excluding carboxylic acids is 2. The fraction of sp³-hybridized carbons (Fsp3) is 0.533. The van der Waals surface area contributed by atoms with E-state index in [-0.39, 0.29) is 11.8 Å². The van der Waals surface area contributed by atoms with Crippen molar-refractivity contribution < 1.29 is 14.7 Å². The number of rotatable bonds is 13. The Kier molecular flexibility index (Phi) is 11.6. The van der Waals surface area contributed by atoms with E-state index in [1.807, 2.05) is 35.2 Å². The Morgan fingerprint density at radius 3 is 2.30 bits per heavy atom. The van der Waals surface area contributed by atoms with E-state index in [0.717, 1.165) is 44.3 Å². The Balaban J connectivity index is 1.70. The normalized spacial score (nSPS) is 16.2. The molecule has 0 spiro atoms. The average molecular weight is 509 g/mol. The van der Waals surface area contributed by atoms with Crippen LogP contribution in [0.15, 0.2) is 54.6 Å². The first-order valence-corrected chi connectivity index (χ1v) is 13.7. The van der Waals surface area contributed by atoms with E-state index in [4.69, 9.17) is 0 Å². The van der Waals surface area contributed by atoms with E-state index in [1.54, 1.807) is 24.3 Å². The second-order valence-electron chi connectivity index (χ2n) is 10.2. The third kappa shape index (κ3) is 8.95. The van der Waals surface area contributed by atoms with E-state index in [2.05, 4.69) is 36.4 Å². The van der Waals surface area contributed by atoms with Crippen molar-refractivity contribution in [3.8, 4) is 0 Å². The van der Waals surface area contributed by atoms with Gasteiger partial charge in [0.2, 0.25) is 0 Å². The summed E-state index contributed by atoms with van der Waals surface area (Å²) in [5, 5.41) is 17.7. The topological polar surface area (TPSA) is 84.9 Å². The quantitative estimate of drug-likeness (QED) is 0.387. The predicted molar refractivity (Wildman–Crippen MR) is 149 cm³/mol. The minimum Gasteiger partial charge on any atom is -0.390 e. The van der Waals surface area contributed by atoms with E-state index >= 15 is 0 Å². The van der Waals surface area contributed by atoms with Gasteiger partial charge in [0.25, 0.3) is 11.8 Å². The average Bonchev–Trinajstić information content (AvgIpc) is 2.92. The van der Waals surface area contributed by atoms with Gasteiger partial charge in [0, 0.05) is 36.8 Å². The zero-order valence-corrected chi connectivity index (χ0v) is 22.7. The molecule has 7 heteroatoms. The number of hydrogen-bond donors (Lipinski definition) is 3. The van der Waals surface area contributed by atoms with Crippen molar-refractivity contribution in [2.45, 2.75) is 64.1 Å². The van der Waals surface area contributed by atoms with Crippen molar-refractivity contribution in [3.05, 3.63) is 71.3 Å². The molecular formula is C30H44N4O3. The molecule has 1 saturated heterocycles. The Morgan fingerprint density at radius 1 is 1.00 bits per heavy atom. The van der Waals surface area contributed by atoms with E-state index < -0.39 is 12.1 Å². The minimum absolute atomic E-state index is 0.0541. The van der Waals surface area contributed by atoms with Crippen LogP contribution < -0.4 is 10.6 Å². The second-order valence-corrected chi connectivity index (χ2v) is 10.2. The number of carbonyl (C=O) groups is 2. The molecule has 1 fully saturated rings. The molecule has 3 rings (SSSR count). The molecule has 2 atom stereocenters. The van der Waals surface area contributed by atoms with Crippen molar-refractivity contribution in [1.29, 1.82) is 0 Å². The first-order valence-electron chi connectivity index (χ1n) is 13.7. The molecule has 0 bridgehead atoms. The third-order valence-corrected chi connectivity index (χ3v) is 7.06. The number of benzene rings is 2. The van der Waals surface area contributed by atoms with E-state index in [0.29, 0.717) is 43.2 Å². The second kappa shape index (κ2) is 14.9. The Bertz CT molecular complexity index is 970. The third-order valence-electron chi connectivity index (χ3n) is 7.06. The summed E-state index contributed by atoms with van der Waals surface area (Å²) in [5.74, 6) is -0.340. The maximum absolute atomic E-state index is 13.3. The van der Waals surface area contributed by atoms with Crippen molar-refractivity contribution in [2.24, 2.45) is 0 Å². The van der Waals surface area contributed by atoms with Crippen LogP contribution in [0.5, 0.6) is 0 Å². The summed E-state index contributed by atoms with van der Waals surface area (Å²) in [5.41, 5.74) is 1.98. The lowest BCUT2D eigenvalue weighted by molar-refractivity contribution is 0.0755. The van der Waals surface area contributed by atoms with Gasteiger partial charge in [-0.25, -0.2) is 0 Å². The molecule has 2 amide bonds. The van der Waals surface area contributed by atoms with Gasteiger partial charge < -0.3 is 25.5 Å². The van der Waals surface area contributed by atoms with Gasteiger partial charge in [-0.05, 0) is 76.0 Å². The zero-order chi connectivity index (χ0) is 26.6. The highest BCUT2D eigenvalue weighted by Gasteiger charge is 2.25. The van der Waals surface area contributed by atoms with Gasteiger partial charge in [0.15, 0.2) is 0 Å². The van der Waals surface area contributed by atoms with Crippen molar-refractivity contribution >= 4 is 11.8 Å². The van der Waals surface area contributed by atoms with Crippen molar-refractivity contribution in [3.63, 3.8) is 0 Å². The highest BCUT2D eigenvalue weighted by molar-refractivity contribution is 5.99. The number of nitrogens with zero attached hydrogens (tertiary/aromatic N) is 2. The van der Waals surface area contributed by atoms with Gasteiger partial charge in [-0.3, -0.25) is 9.59 Å².